The summed E-state index contributed by atoms with van der Waals surface area (Å²) in [6, 6.07) is 15.1. The Balaban J connectivity index is 1.75. The van der Waals surface area contributed by atoms with Crippen molar-refractivity contribution in [3.63, 3.8) is 0 Å². The van der Waals surface area contributed by atoms with Crippen LogP contribution in [0.25, 0.3) is 0 Å². The molecule has 3 atom stereocenters. The first-order valence-electron chi connectivity index (χ1n) is 8.06. The summed E-state index contributed by atoms with van der Waals surface area (Å²) < 4.78 is 10.8. The van der Waals surface area contributed by atoms with Crippen molar-refractivity contribution in [2.45, 2.75) is 18.4 Å². The quantitative estimate of drug-likeness (QED) is 0.845. The highest BCUT2D eigenvalue weighted by Gasteiger charge is 2.37. The van der Waals surface area contributed by atoms with E-state index in [2.05, 4.69) is 53.9 Å². The van der Waals surface area contributed by atoms with Gasteiger partial charge >= 0.3 is 0 Å². The summed E-state index contributed by atoms with van der Waals surface area (Å²) in [5.74, 6) is 2.59. The third-order valence-corrected chi connectivity index (χ3v) is 5.04. The number of hydrogen-bond acceptors (Lipinski definition) is 3. The summed E-state index contributed by atoms with van der Waals surface area (Å²) in [6.07, 6.45) is 5.77. The van der Waals surface area contributed by atoms with Crippen LogP contribution in [0.4, 0.5) is 5.69 Å². The van der Waals surface area contributed by atoms with E-state index in [1.54, 1.807) is 14.2 Å². The Bertz CT molecular complexity index is 753. The van der Waals surface area contributed by atoms with Crippen LogP contribution in [0.15, 0.2) is 54.6 Å². The molecule has 0 amide bonds. The van der Waals surface area contributed by atoms with Crippen molar-refractivity contribution < 1.29 is 9.47 Å². The first-order chi connectivity index (χ1) is 11.3. The fraction of sp³-hybridized carbons (Fsp3) is 0.300. The maximum atomic E-state index is 5.48. The number of para-hydroxylation sites is 1. The van der Waals surface area contributed by atoms with Crippen LogP contribution in [0.1, 0.15) is 29.5 Å². The fourth-order valence-corrected chi connectivity index (χ4v) is 3.92. The molecule has 0 saturated heterocycles. The maximum Gasteiger partial charge on any atom is 0.161 e. The van der Waals surface area contributed by atoms with Crippen molar-refractivity contribution in [2.75, 3.05) is 19.5 Å². The van der Waals surface area contributed by atoms with Crippen LogP contribution in [0, 0.1) is 5.92 Å². The number of anilines is 1. The van der Waals surface area contributed by atoms with Gasteiger partial charge in [0.1, 0.15) is 0 Å². The molecule has 0 fully saturated rings. The molecule has 2 aromatic rings. The van der Waals surface area contributed by atoms with Crippen LogP contribution < -0.4 is 14.8 Å². The lowest BCUT2D eigenvalue weighted by molar-refractivity contribution is 0.353. The summed E-state index contributed by atoms with van der Waals surface area (Å²) in [4.78, 5) is 0. The second-order valence-corrected chi connectivity index (χ2v) is 6.18. The van der Waals surface area contributed by atoms with Crippen molar-refractivity contribution >= 4 is 5.69 Å². The van der Waals surface area contributed by atoms with Gasteiger partial charge in [-0.15, -0.1) is 0 Å². The average molecular weight is 307 g/mol. The van der Waals surface area contributed by atoms with E-state index < -0.39 is 0 Å². The SMILES string of the molecule is COc1ccc([C@@H]2Nc3ccccc3[C@@H]3C=CC[C@@H]32)cc1OC. The summed E-state index contributed by atoms with van der Waals surface area (Å²) in [5.41, 5.74) is 3.89. The normalized spacial score (nSPS) is 24.5. The molecule has 3 heteroatoms. The molecule has 118 valence electrons. The fourth-order valence-electron chi connectivity index (χ4n) is 3.92. The lowest BCUT2D eigenvalue weighted by Gasteiger charge is -2.37. The first-order valence-corrected chi connectivity index (χ1v) is 8.06. The molecular weight excluding hydrogens is 286 g/mol. The predicted molar refractivity (Wildman–Crippen MR) is 92.3 cm³/mol. The molecule has 0 saturated carbocycles. The van der Waals surface area contributed by atoms with Gasteiger partial charge in [-0.05, 0) is 41.7 Å². The van der Waals surface area contributed by atoms with Crippen LogP contribution in [-0.2, 0) is 0 Å². The Labute approximate surface area is 136 Å². The zero-order valence-electron chi connectivity index (χ0n) is 13.5. The van der Waals surface area contributed by atoms with Crippen molar-refractivity contribution in [1.29, 1.82) is 0 Å². The van der Waals surface area contributed by atoms with Gasteiger partial charge in [-0.2, -0.15) is 0 Å². The number of fused-ring (bicyclic) bond motifs is 3. The molecule has 23 heavy (non-hydrogen) atoms. The van der Waals surface area contributed by atoms with E-state index >= 15 is 0 Å². The van der Waals surface area contributed by atoms with E-state index in [0.29, 0.717) is 11.8 Å². The second-order valence-electron chi connectivity index (χ2n) is 6.18. The Hall–Kier alpha value is -2.42. The number of allylic oxidation sites excluding steroid dienone is 2. The number of benzene rings is 2. The average Bonchev–Trinajstić information content (AvgIpc) is 3.10. The van der Waals surface area contributed by atoms with Gasteiger partial charge < -0.3 is 14.8 Å². The Morgan fingerprint density at radius 1 is 1.00 bits per heavy atom. The van der Waals surface area contributed by atoms with Crippen LogP contribution in [0.2, 0.25) is 0 Å². The molecule has 2 aliphatic rings. The maximum absolute atomic E-state index is 5.48. The molecule has 1 N–H and O–H groups in total. The highest BCUT2D eigenvalue weighted by molar-refractivity contribution is 5.60. The predicted octanol–water partition coefficient (Wildman–Crippen LogP) is 4.53. The molecule has 0 unspecified atom stereocenters. The molecule has 2 aromatic carbocycles. The summed E-state index contributed by atoms with van der Waals surface area (Å²) in [6.45, 7) is 0. The van der Waals surface area contributed by atoms with Gasteiger partial charge in [0.15, 0.2) is 11.5 Å². The lowest BCUT2D eigenvalue weighted by Crippen LogP contribution is -2.29. The highest BCUT2D eigenvalue weighted by atomic mass is 16.5. The van der Waals surface area contributed by atoms with Crippen LogP contribution >= 0.6 is 0 Å². The Morgan fingerprint density at radius 2 is 1.83 bits per heavy atom. The van der Waals surface area contributed by atoms with Crippen molar-refractivity contribution in [2.24, 2.45) is 5.92 Å². The Morgan fingerprint density at radius 3 is 2.65 bits per heavy atom. The third-order valence-electron chi connectivity index (χ3n) is 5.04. The molecule has 1 aliphatic carbocycles. The Kier molecular flexibility index (Phi) is 3.49. The molecule has 4 rings (SSSR count). The van der Waals surface area contributed by atoms with Gasteiger partial charge in [0.25, 0.3) is 0 Å². The minimum atomic E-state index is 0.282. The van der Waals surface area contributed by atoms with Crippen molar-refractivity contribution in [1.82, 2.24) is 0 Å². The van der Waals surface area contributed by atoms with E-state index in [1.165, 1.54) is 16.8 Å². The molecule has 0 radical (unpaired) electrons. The van der Waals surface area contributed by atoms with E-state index in [4.69, 9.17) is 9.47 Å². The van der Waals surface area contributed by atoms with Crippen molar-refractivity contribution in [3.05, 3.63) is 65.7 Å². The largest absolute Gasteiger partial charge is 0.493 e. The zero-order chi connectivity index (χ0) is 15.8. The first kappa shape index (κ1) is 14.2. The van der Waals surface area contributed by atoms with E-state index in [0.717, 1.165) is 17.9 Å². The molecule has 0 spiro atoms. The monoisotopic (exact) mass is 307 g/mol. The highest BCUT2D eigenvalue weighted by Crippen LogP contribution is 2.50. The van der Waals surface area contributed by atoms with Crippen LogP contribution in [-0.4, -0.2) is 14.2 Å². The van der Waals surface area contributed by atoms with Gasteiger partial charge in [-0.25, -0.2) is 0 Å². The van der Waals surface area contributed by atoms with Gasteiger partial charge in [-0.1, -0.05) is 36.4 Å². The minimum Gasteiger partial charge on any atom is -0.493 e. The van der Waals surface area contributed by atoms with E-state index in [1.807, 2.05) is 6.07 Å². The number of nitrogens with one attached hydrogen (secondary N) is 1. The van der Waals surface area contributed by atoms with Crippen molar-refractivity contribution in [3.8, 4) is 11.5 Å². The van der Waals surface area contributed by atoms with E-state index in [-0.39, 0.29) is 6.04 Å². The lowest BCUT2D eigenvalue weighted by atomic mass is 9.77. The smallest absolute Gasteiger partial charge is 0.161 e. The summed E-state index contributed by atoms with van der Waals surface area (Å²) >= 11 is 0. The van der Waals surface area contributed by atoms with E-state index in [9.17, 15) is 0 Å². The molecular formula is C20H21NO2. The number of hydrogen-bond donors (Lipinski definition) is 1. The third kappa shape index (κ3) is 2.27. The molecule has 0 aromatic heterocycles. The number of methoxy groups -OCH3 is 2. The minimum absolute atomic E-state index is 0.282. The molecule has 3 nitrogen and oxygen atoms in total. The number of ether oxygens (including phenoxy) is 2. The molecule has 1 heterocycles. The second kappa shape index (κ2) is 5.65. The standard InChI is InChI=1S/C20H21NO2/c1-22-18-11-10-13(12-19(18)23-2)20-16-8-5-7-14(16)15-6-3-4-9-17(15)21-20/h3-7,9-12,14,16,20-21H,8H2,1-2H3/t14-,16-,20-/m0/s1. The zero-order valence-corrected chi connectivity index (χ0v) is 13.5. The van der Waals surface area contributed by atoms with Crippen LogP contribution in [0.3, 0.4) is 0 Å². The molecule has 0 bridgehead atoms. The van der Waals surface area contributed by atoms with Gasteiger partial charge in [0.05, 0.1) is 20.3 Å². The van der Waals surface area contributed by atoms with Gasteiger partial charge in [0.2, 0.25) is 0 Å². The molecule has 1 aliphatic heterocycles. The summed E-state index contributed by atoms with van der Waals surface area (Å²) in [5, 5.41) is 3.74. The van der Waals surface area contributed by atoms with Gasteiger partial charge in [-0.3, -0.25) is 0 Å². The summed E-state index contributed by atoms with van der Waals surface area (Å²) in [7, 11) is 3.36. The topological polar surface area (TPSA) is 30.5 Å². The number of rotatable bonds is 3. The van der Waals surface area contributed by atoms with Gasteiger partial charge in [0, 0.05) is 11.6 Å². The van der Waals surface area contributed by atoms with Crippen LogP contribution in [0.5, 0.6) is 11.5 Å².